The highest BCUT2D eigenvalue weighted by Crippen LogP contribution is 2.34. The van der Waals surface area contributed by atoms with Gasteiger partial charge in [0.05, 0.1) is 0 Å². The average molecular weight is 342 g/mol. The normalized spacial score (nSPS) is 11.6. The molecule has 2 aromatic rings. The first-order valence-corrected chi connectivity index (χ1v) is 8.42. The Morgan fingerprint density at radius 1 is 1.16 bits per heavy atom. The highest BCUT2D eigenvalue weighted by Gasteiger charge is 2.20. The molecule has 25 heavy (non-hydrogen) atoms. The van der Waals surface area contributed by atoms with E-state index in [1.807, 2.05) is 32.0 Å². The van der Waals surface area contributed by atoms with Gasteiger partial charge in [0, 0.05) is 5.56 Å². The number of carbonyl (C=O) groups is 1. The van der Waals surface area contributed by atoms with Crippen molar-refractivity contribution in [2.75, 3.05) is 0 Å². The van der Waals surface area contributed by atoms with Gasteiger partial charge in [0.1, 0.15) is 23.7 Å². The van der Waals surface area contributed by atoms with E-state index in [4.69, 9.17) is 4.74 Å². The molecule has 2 rings (SSSR count). The molecule has 0 radical (unpaired) electrons. The summed E-state index contributed by atoms with van der Waals surface area (Å²) in [6, 6.07) is 11.2. The lowest BCUT2D eigenvalue weighted by Gasteiger charge is -2.23. The number of carboxylic acids is 1. The van der Waals surface area contributed by atoms with Gasteiger partial charge in [-0.25, -0.2) is 4.79 Å². The third-order valence-corrected chi connectivity index (χ3v) is 4.19. The van der Waals surface area contributed by atoms with Crippen molar-refractivity contribution in [1.29, 1.82) is 0 Å². The molecule has 0 saturated carbocycles. The molecule has 0 atom stereocenters. The summed E-state index contributed by atoms with van der Waals surface area (Å²) in [4.78, 5) is 11.4. The zero-order chi connectivity index (χ0) is 18.8. The van der Waals surface area contributed by atoms with Crippen LogP contribution >= 0.6 is 0 Å². The number of carboxylic acid groups (broad SMARTS) is 1. The fraction of sp³-hybridized carbons (Fsp3) is 0.381. The molecule has 2 N–H and O–H groups in total. The van der Waals surface area contributed by atoms with Gasteiger partial charge < -0.3 is 14.9 Å². The maximum absolute atomic E-state index is 11.4. The van der Waals surface area contributed by atoms with Crippen LogP contribution in [0.5, 0.6) is 11.5 Å². The molecule has 0 aliphatic heterocycles. The van der Waals surface area contributed by atoms with E-state index in [-0.39, 0.29) is 22.6 Å². The van der Waals surface area contributed by atoms with Crippen LogP contribution in [-0.4, -0.2) is 16.2 Å². The summed E-state index contributed by atoms with van der Waals surface area (Å²) in [5.41, 5.74) is 2.68. The molecule has 134 valence electrons. The quantitative estimate of drug-likeness (QED) is 0.794. The van der Waals surface area contributed by atoms with Crippen LogP contribution in [0.1, 0.15) is 67.6 Å². The van der Waals surface area contributed by atoms with Gasteiger partial charge >= 0.3 is 5.97 Å². The van der Waals surface area contributed by atoms with Crippen molar-refractivity contribution in [3.63, 3.8) is 0 Å². The highest BCUT2D eigenvalue weighted by molar-refractivity contribution is 5.92. The molecule has 0 heterocycles. The minimum atomic E-state index is -1.17. The fourth-order valence-corrected chi connectivity index (χ4v) is 2.85. The number of rotatable bonds is 5. The third-order valence-electron chi connectivity index (χ3n) is 4.19. The molecule has 0 spiro atoms. The van der Waals surface area contributed by atoms with Gasteiger partial charge in [-0.1, -0.05) is 58.9 Å². The molecular formula is C21H26O4. The van der Waals surface area contributed by atoms with E-state index in [2.05, 4.69) is 26.8 Å². The molecule has 0 bridgehead atoms. The summed E-state index contributed by atoms with van der Waals surface area (Å²) in [5.74, 6) is -0.920. The second-order valence-electron chi connectivity index (χ2n) is 7.56. The molecule has 0 aliphatic carbocycles. The van der Waals surface area contributed by atoms with Gasteiger partial charge in [-0.15, -0.1) is 0 Å². The van der Waals surface area contributed by atoms with Gasteiger partial charge in [0.25, 0.3) is 0 Å². The zero-order valence-corrected chi connectivity index (χ0v) is 15.5. The second kappa shape index (κ2) is 7.18. The van der Waals surface area contributed by atoms with Crippen LogP contribution in [0.3, 0.4) is 0 Å². The second-order valence-corrected chi connectivity index (χ2v) is 7.56. The van der Waals surface area contributed by atoms with Crippen molar-refractivity contribution in [3.8, 4) is 11.5 Å². The Morgan fingerprint density at radius 2 is 1.80 bits per heavy atom. The number of benzene rings is 2. The van der Waals surface area contributed by atoms with Crippen molar-refractivity contribution in [3.05, 3.63) is 58.7 Å². The van der Waals surface area contributed by atoms with Crippen LogP contribution in [0, 0.1) is 0 Å². The maximum Gasteiger partial charge on any atom is 0.339 e. The first-order valence-electron chi connectivity index (χ1n) is 8.42. The lowest BCUT2D eigenvalue weighted by Crippen LogP contribution is -2.15. The monoisotopic (exact) mass is 342 g/mol. The largest absolute Gasteiger partial charge is 0.507 e. The van der Waals surface area contributed by atoms with Crippen LogP contribution in [0.2, 0.25) is 0 Å². The minimum absolute atomic E-state index is 0.00970. The van der Waals surface area contributed by atoms with Crippen molar-refractivity contribution in [2.45, 2.75) is 52.6 Å². The van der Waals surface area contributed by atoms with Crippen molar-refractivity contribution >= 4 is 5.97 Å². The van der Waals surface area contributed by atoms with Crippen molar-refractivity contribution in [1.82, 2.24) is 0 Å². The van der Waals surface area contributed by atoms with Crippen LogP contribution < -0.4 is 4.74 Å². The third kappa shape index (κ3) is 4.32. The van der Waals surface area contributed by atoms with Crippen molar-refractivity contribution in [2.24, 2.45) is 0 Å². The molecule has 0 aromatic heterocycles. The van der Waals surface area contributed by atoms with E-state index >= 15 is 0 Å². The molecule has 0 amide bonds. The minimum Gasteiger partial charge on any atom is -0.507 e. The van der Waals surface area contributed by atoms with Crippen LogP contribution in [0.15, 0.2) is 36.4 Å². The Labute approximate surface area is 149 Å². The Hall–Kier alpha value is -2.49. The maximum atomic E-state index is 11.4. The fourth-order valence-electron chi connectivity index (χ4n) is 2.85. The highest BCUT2D eigenvalue weighted by atomic mass is 16.5. The Balaban J connectivity index is 2.35. The van der Waals surface area contributed by atoms with Crippen molar-refractivity contribution < 1.29 is 19.7 Å². The molecule has 2 aromatic carbocycles. The first-order chi connectivity index (χ1) is 11.6. The topological polar surface area (TPSA) is 66.8 Å². The van der Waals surface area contributed by atoms with Gasteiger partial charge in [0.2, 0.25) is 0 Å². The SMILES string of the molecule is CC(C)c1cc(OCc2ccccc2C(C)(C)C)cc(C(=O)O)c1O. The molecule has 0 saturated heterocycles. The van der Waals surface area contributed by atoms with E-state index < -0.39 is 5.97 Å². The summed E-state index contributed by atoms with van der Waals surface area (Å²) in [6.45, 7) is 10.6. The predicted molar refractivity (Wildman–Crippen MR) is 98.6 cm³/mol. The van der Waals surface area contributed by atoms with Gasteiger partial charge in [-0.05, 0) is 34.6 Å². The number of ether oxygens (including phenoxy) is 1. The Morgan fingerprint density at radius 3 is 2.36 bits per heavy atom. The Bertz CT molecular complexity index is 770. The van der Waals surface area contributed by atoms with E-state index in [0.717, 1.165) is 5.56 Å². The number of aromatic carboxylic acids is 1. The first kappa shape index (κ1) is 18.8. The van der Waals surface area contributed by atoms with Gasteiger partial charge in [0.15, 0.2) is 0 Å². The van der Waals surface area contributed by atoms with Crippen LogP contribution in [-0.2, 0) is 12.0 Å². The molecular weight excluding hydrogens is 316 g/mol. The average Bonchev–Trinajstić information content (AvgIpc) is 2.52. The van der Waals surface area contributed by atoms with E-state index in [1.165, 1.54) is 11.6 Å². The zero-order valence-electron chi connectivity index (χ0n) is 15.5. The van der Waals surface area contributed by atoms with Gasteiger partial charge in [-0.3, -0.25) is 0 Å². The molecule has 4 nitrogen and oxygen atoms in total. The number of hydrogen-bond acceptors (Lipinski definition) is 3. The lowest BCUT2D eigenvalue weighted by atomic mass is 9.84. The lowest BCUT2D eigenvalue weighted by molar-refractivity contribution is 0.0693. The summed E-state index contributed by atoms with van der Waals surface area (Å²) in [7, 11) is 0. The van der Waals surface area contributed by atoms with E-state index in [9.17, 15) is 15.0 Å². The van der Waals surface area contributed by atoms with E-state index in [1.54, 1.807) is 6.07 Å². The van der Waals surface area contributed by atoms with E-state index in [0.29, 0.717) is 17.9 Å². The molecule has 4 heteroatoms. The summed E-state index contributed by atoms with van der Waals surface area (Å²) >= 11 is 0. The van der Waals surface area contributed by atoms with Gasteiger partial charge in [-0.2, -0.15) is 0 Å². The Kier molecular flexibility index (Phi) is 5.41. The number of aromatic hydroxyl groups is 1. The van der Waals surface area contributed by atoms with Crippen LogP contribution in [0.4, 0.5) is 0 Å². The summed E-state index contributed by atoms with van der Waals surface area (Å²) < 4.78 is 5.89. The number of phenols is 1. The predicted octanol–water partition coefficient (Wildman–Crippen LogP) is 5.09. The number of hydrogen-bond donors (Lipinski definition) is 2. The summed E-state index contributed by atoms with van der Waals surface area (Å²) in [6.07, 6.45) is 0. The molecule has 0 fully saturated rings. The standard InChI is InChI=1S/C21H26O4/c1-13(2)16-10-15(11-17(19(16)22)20(23)24)25-12-14-8-6-7-9-18(14)21(3,4)5/h6-11,13,22H,12H2,1-5H3,(H,23,24). The molecule has 0 unspecified atom stereocenters. The smallest absolute Gasteiger partial charge is 0.339 e. The molecule has 0 aliphatic rings. The summed E-state index contributed by atoms with van der Waals surface area (Å²) in [5, 5.41) is 19.5. The van der Waals surface area contributed by atoms with Crippen LogP contribution in [0.25, 0.3) is 0 Å².